The van der Waals surface area contributed by atoms with E-state index in [0.717, 1.165) is 28.2 Å². The van der Waals surface area contributed by atoms with Gasteiger partial charge < -0.3 is 10.1 Å². The van der Waals surface area contributed by atoms with Crippen LogP contribution in [0.5, 0.6) is 5.75 Å². The number of aromatic nitrogens is 2. The average molecular weight is 396 g/mol. The van der Waals surface area contributed by atoms with Gasteiger partial charge in [0.15, 0.2) is 6.17 Å². The lowest BCUT2D eigenvalue weighted by Gasteiger charge is -2.37. The zero-order valence-electron chi connectivity index (χ0n) is 16.4. The summed E-state index contributed by atoms with van der Waals surface area (Å²) < 4.78 is 5.55. The minimum absolute atomic E-state index is 0.0894. The first kappa shape index (κ1) is 18.1. The highest BCUT2D eigenvalue weighted by Gasteiger charge is 2.35. The van der Waals surface area contributed by atoms with Crippen LogP contribution >= 0.6 is 0 Å². The van der Waals surface area contributed by atoms with Crippen molar-refractivity contribution in [2.24, 2.45) is 0 Å². The number of hydrogen-bond acceptors (Lipinski definition) is 5. The molecule has 1 aliphatic heterocycles. The lowest BCUT2D eigenvalue weighted by molar-refractivity contribution is 0.0974. The first-order valence-corrected chi connectivity index (χ1v) is 9.88. The standard InChI is InChI=1S/C24H20N4O2/c1-2-30-17-13-11-16(12-14-17)28-23(27-19-8-4-3-7-18(19)24(28)29)22-15-25-20-9-5-6-10-21(20)26-22/h3-15,23,27H,2H2,1H3/t23-/m1/s1. The number of carbonyl (C=O) groups excluding carboxylic acids is 1. The summed E-state index contributed by atoms with van der Waals surface area (Å²) in [5, 5.41) is 3.47. The van der Waals surface area contributed by atoms with Crippen molar-refractivity contribution in [3.05, 3.63) is 90.3 Å². The number of hydrogen-bond donors (Lipinski definition) is 1. The van der Waals surface area contributed by atoms with Crippen LogP contribution in [-0.4, -0.2) is 22.5 Å². The van der Waals surface area contributed by atoms with E-state index >= 15 is 0 Å². The van der Waals surface area contributed by atoms with Gasteiger partial charge in [0.1, 0.15) is 11.4 Å². The van der Waals surface area contributed by atoms with Gasteiger partial charge in [0, 0.05) is 11.4 Å². The molecule has 30 heavy (non-hydrogen) atoms. The summed E-state index contributed by atoms with van der Waals surface area (Å²) in [7, 11) is 0. The predicted octanol–water partition coefficient (Wildman–Crippen LogP) is 4.80. The van der Waals surface area contributed by atoms with Gasteiger partial charge in [0.25, 0.3) is 5.91 Å². The Morgan fingerprint density at radius 3 is 2.50 bits per heavy atom. The molecule has 3 aromatic carbocycles. The second-order valence-corrected chi connectivity index (χ2v) is 6.98. The smallest absolute Gasteiger partial charge is 0.262 e. The molecule has 1 N–H and O–H groups in total. The van der Waals surface area contributed by atoms with Crippen molar-refractivity contribution in [1.82, 2.24) is 9.97 Å². The fourth-order valence-corrected chi connectivity index (χ4v) is 3.70. The van der Waals surface area contributed by atoms with E-state index in [0.29, 0.717) is 17.9 Å². The molecular formula is C24H20N4O2. The predicted molar refractivity (Wildman–Crippen MR) is 117 cm³/mol. The number of nitrogens with one attached hydrogen (secondary N) is 1. The summed E-state index contributed by atoms with van der Waals surface area (Å²) in [6.07, 6.45) is 1.24. The summed E-state index contributed by atoms with van der Waals surface area (Å²) in [6, 6.07) is 22.7. The molecule has 1 aromatic heterocycles. The number of carbonyl (C=O) groups is 1. The highest BCUT2D eigenvalue weighted by Crippen LogP contribution is 2.36. The number of para-hydroxylation sites is 3. The summed E-state index contributed by atoms with van der Waals surface area (Å²) >= 11 is 0. The van der Waals surface area contributed by atoms with Crippen LogP contribution in [0.3, 0.4) is 0 Å². The number of fused-ring (bicyclic) bond motifs is 2. The van der Waals surface area contributed by atoms with E-state index in [1.165, 1.54) is 0 Å². The number of rotatable bonds is 4. The van der Waals surface area contributed by atoms with Gasteiger partial charge >= 0.3 is 0 Å². The van der Waals surface area contributed by atoms with Gasteiger partial charge in [-0.3, -0.25) is 14.7 Å². The monoisotopic (exact) mass is 396 g/mol. The summed E-state index contributed by atoms with van der Waals surface area (Å²) in [4.78, 5) is 24.5. The van der Waals surface area contributed by atoms with Crippen molar-refractivity contribution in [2.45, 2.75) is 13.1 Å². The van der Waals surface area contributed by atoms with Crippen molar-refractivity contribution in [1.29, 1.82) is 0 Å². The quantitative estimate of drug-likeness (QED) is 0.537. The third kappa shape index (κ3) is 3.12. The zero-order chi connectivity index (χ0) is 20.5. The molecule has 0 unspecified atom stereocenters. The van der Waals surface area contributed by atoms with Gasteiger partial charge in [-0.15, -0.1) is 0 Å². The minimum atomic E-state index is -0.484. The average Bonchev–Trinajstić information content (AvgIpc) is 2.80. The maximum absolute atomic E-state index is 13.5. The fourth-order valence-electron chi connectivity index (χ4n) is 3.70. The van der Waals surface area contributed by atoms with E-state index in [1.54, 1.807) is 11.1 Å². The molecule has 4 aromatic rings. The number of benzene rings is 3. The largest absolute Gasteiger partial charge is 0.494 e. The lowest BCUT2D eigenvalue weighted by Crippen LogP contribution is -2.43. The van der Waals surface area contributed by atoms with E-state index < -0.39 is 6.17 Å². The molecule has 1 atom stereocenters. The Balaban J connectivity index is 1.62. The Morgan fingerprint density at radius 1 is 0.967 bits per heavy atom. The van der Waals surface area contributed by atoms with E-state index in [9.17, 15) is 4.79 Å². The van der Waals surface area contributed by atoms with Gasteiger partial charge in [0.05, 0.1) is 29.4 Å². The van der Waals surface area contributed by atoms with Crippen molar-refractivity contribution in [3.63, 3.8) is 0 Å². The molecule has 6 heteroatoms. The van der Waals surface area contributed by atoms with Crippen molar-refractivity contribution in [2.75, 3.05) is 16.8 Å². The van der Waals surface area contributed by atoms with Gasteiger partial charge in [-0.2, -0.15) is 0 Å². The van der Waals surface area contributed by atoms with Crippen molar-refractivity contribution >= 4 is 28.3 Å². The van der Waals surface area contributed by atoms with E-state index in [4.69, 9.17) is 9.72 Å². The second kappa shape index (κ2) is 7.48. The topological polar surface area (TPSA) is 67.3 Å². The highest BCUT2D eigenvalue weighted by molar-refractivity contribution is 6.12. The summed E-state index contributed by atoms with van der Waals surface area (Å²) in [6.45, 7) is 2.53. The van der Waals surface area contributed by atoms with Crippen molar-refractivity contribution < 1.29 is 9.53 Å². The maximum atomic E-state index is 13.5. The van der Waals surface area contributed by atoms with Crippen LogP contribution in [0, 0.1) is 0 Å². The number of nitrogens with zero attached hydrogens (tertiary/aromatic N) is 3. The summed E-state index contributed by atoms with van der Waals surface area (Å²) in [5.41, 5.74) is 4.43. The molecule has 0 saturated carbocycles. The van der Waals surface area contributed by atoms with Crippen LogP contribution in [0.2, 0.25) is 0 Å². The van der Waals surface area contributed by atoms with Crippen LogP contribution in [0.4, 0.5) is 11.4 Å². The molecular weight excluding hydrogens is 376 g/mol. The van der Waals surface area contributed by atoms with Gasteiger partial charge in [-0.25, -0.2) is 4.98 Å². The molecule has 0 radical (unpaired) electrons. The van der Waals surface area contributed by atoms with Crippen LogP contribution in [0.25, 0.3) is 11.0 Å². The van der Waals surface area contributed by atoms with Crippen LogP contribution in [0.1, 0.15) is 29.1 Å². The minimum Gasteiger partial charge on any atom is -0.494 e. The molecule has 2 heterocycles. The molecule has 0 bridgehead atoms. The molecule has 6 nitrogen and oxygen atoms in total. The molecule has 0 fully saturated rings. The van der Waals surface area contributed by atoms with Crippen LogP contribution < -0.4 is 15.0 Å². The van der Waals surface area contributed by atoms with E-state index in [1.807, 2.05) is 79.7 Å². The van der Waals surface area contributed by atoms with Crippen LogP contribution in [0.15, 0.2) is 79.0 Å². The SMILES string of the molecule is CCOc1ccc(N2C(=O)c3ccccc3N[C@H]2c2cnc3ccccc3n2)cc1. The van der Waals surface area contributed by atoms with E-state index in [2.05, 4.69) is 10.3 Å². The Kier molecular flexibility index (Phi) is 4.52. The number of amides is 1. The second-order valence-electron chi connectivity index (χ2n) is 6.98. The Bertz CT molecular complexity index is 1220. The third-order valence-electron chi connectivity index (χ3n) is 5.10. The highest BCUT2D eigenvalue weighted by atomic mass is 16.5. The normalized spacial score (nSPS) is 15.6. The first-order valence-electron chi connectivity index (χ1n) is 9.88. The molecule has 1 aliphatic rings. The van der Waals surface area contributed by atoms with Gasteiger partial charge in [-0.05, 0) is 55.5 Å². The molecule has 0 aliphatic carbocycles. The summed E-state index contributed by atoms with van der Waals surface area (Å²) in [5.74, 6) is 0.676. The molecule has 0 spiro atoms. The first-order chi connectivity index (χ1) is 14.7. The van der Waals surface area contributed by atoms with E-state index in [-0.39, 0.29) is 5.91 Å². The fraction of sp³-hybridized carbons (Fsp3) is 0.125. The third-order valence-corrected chi connectivity index (χ3v) is 5.10. The molecule has 1 amide bonds. The van der Waals surface area contributed by atoms with Crippen LogP contribution in [-0.2, 0) is 0 Å². The lowest BCUT2D eigenvalue weighted by atomic mass is 10.0. The molecule has 5 rings (SSSR count). The van der Waals surface area contributed by atoms with Gasteiger partial charge in [0.2, 0.25) is 0 Å². The molecule has 0 saturated heterocycles. The number of anilines is 2. The Hall–Kier alpha value is -3.93. The Morgan fingerprint density at radius 2 is 1.70 bits per heavy atom. The number of ether oxygens (including phenoxy) is 1. The zero-order valence-corrected chi connectivity index (χ0v) is 16.4. The Labute approximate surface area is 174 Å². The van der Waals surface area contributed by atoms with Crippen molar-refractivity contribution in [3.8, 4) is 5.75 Å². The van der Waals surface area contributed by atoms with Gasteiger partial charge in [-0.1, -0.05) is 24.3 Å². The maximum Gasteiger partial charge on any atom is 0.262 e. The molecule has 148 valence electrons.